The first kappa shape index (κ1) is 15.5. The van der Waals surface area contributed by atoms with Gasteiger partial charge >= 0.3 is 0 Å². The van der Waals surface area contributed by atoms with Crippen molar-refractivity contribution in [1.82, 2.24) is 5.32 Å². The first-order chi connectivity index (χ1) is 10.0. The highest BCUT2D eigenvalue weighted by atomic mass is 16.2. The molecule has 1 aliphatic carbocycles. The molecule has 1 aromatic rings. The molecule has 0 radical (unpaired) electrons. The molecule has 5 nitrogen and oxygen atoms in total. The van der Waals surface area contributed by atoms with Crippen LogP contribution in [0.25, 0.3) is 0 Å². The second kappa shape index (κ2) is 6.72. The lowest BCUT2D eigenvalue weighted by molar-refractivity contribution is -0.120. The van der Waals surface area contributed by atoms with Gasteiger partial charge in [-0.05, 0) is 43.9 Å². The average Bonchev–Trinajstić information content (AvgIpc) is 2.48. The van der Waals surface area contributed by atoms with E-state index < -0.39 is 0 Å². The van der Waals surface area contributed by atoms with Gasteiger partial charge < -0.3 is 16.4 Å². The van der Waals surface area contributed by atoms with Crippen molar-refractivity contribution >= 4 is 17.5 Å². The van der Waals surface area contributed by atoms with Gasteiger partial charge in [-0.1, -0.05) is 12.5 Å². The Bertz CT molecular complexity index is 542. The number of nitrogens with one attached hydrogen (secondary N) is 2. The van der Waals surface area contributed by atoms with Crippen LogP contribution in [-0.2, 0) is 4.79 Å². The van der Waals surface area contributed by atoms with Gasteiger partial charge in [0.25, 0.3) is 5.91 Å². The lowest BCUT2D eigenvalue weighted by Crippen LogP contribution is -2.34. The third kappa shape index (κ3) is 3.82. The van der Waals surface area contributed by atoms with Crippen molar-refractivity contribution in [3.05, 3.63) is 29.3 Å². The third-order valence-corrected chi connectivity index (χ3v) is 4.07. The van der Waals surface area contributed by atoms with E-state index in [0.29, 0.717) is 11.3 Å². The van der Waals surface area contributed by atoms with Crippen LogP contribution >= 0.6 is 0 Å². The van der Waals surface area contributed by atoms with E-state index in [1.54, 1.807) is 19.2 Å². The Labute approximate surface area is 125 Å². The Morgan fingerprint density at radius 1 is 1.29 bits per heavy atom. The van der Waals surface area contributed by atoms with Gasteiger partial charge in [0.05, 0.1) is 0 Å². The van der Waals surface area contributed by atoms with Crippen molar-refractivity contribution in [2.75, 3.05) is 12.4 Å². The van der Waals surface area contributed by atoms with Crippen LogP contribution in [0.4, 0.5) is 5.69 Å². The number of anilines is 1. The molecular formula is C16H23N3O2. The highest BCUT2D eigenvalue weighted by Gasteiger charge is 2.25. The Balaban J connectivity index is 2.11. The molecule has 0 saturated heterocycles. The number of aryl methyl sites for hydroxylation is 1. The van der Waals surface area contributed by atoms with Crippen molar-refractivity contribution in [2.24, 2.45) is 11.7 Å². The summed E-state index contributed by atoms with van der Waals surface area (Å²) in [7, 11) is 1.59. The summed E-state index contributed by atoms with van der Waals surface area (Å²) in [6.45, 7) is 1.91. The third-order valence-electron chi connectivity index (χ3n) is 4.07. The minimum Gasteiger partial charge on any atom is -0.355 e. The minimum absolute atomic E-state index is 0.00214. The van der Waals surface area contributed by atoms with Crippen LogP contribution < -0.4 is 16.4 Å². The van der Waals surface area contributed by atoms with Crippen LogP contribution in [0.1, 0.15) is 41.6 Å². The Morgan fingerprint density at radius 3 is 2.71 bits per heavy atom. The Kier molecular flexibility index (Phi) is 4.96. The highest BCUT2D eigenvalue weighted by Crippen LogP contribution is 2.25. The molecule has 1 aliphatic rings. The van der Waals surface area contributed by atoms with E-state index >= 15 is 0 Å². The van der Waals surface area contributed by atoms with Crippen LogP contribution in [-0.4, -0.2) is 24.9 Å². The minimum atomic E-state index is -0.162. The van der Waals surface area contributed by atoms with Crippen LogP contribution in [0.2, 0.25) is 0 Å². The number of amides is 2. The maximum atomic E-state index is 12.3. The highest BCUT2D eigenvalue weighted by molar-refractivity contribution is 5.98. The normalized spacial score (nSPS) is 21.7. The summed E-state index contributed by atoms with van der Waals surface area (Å²) in [5, 5.41) is 5.53. The first-order valence-corrected chi connectivity index (χ1v) is 7.40. The van der Waals surface area contributed by atoms with E-state index in [4.69, 9.17) is 5.73 Å². The van der Waals surface area contributed by atoms with Gasteiger partial charge in [-0.3, -0.25) is 9.59 Å². The number of hydrogen-bond acceptors (Lipinski definition) is 3. The van der Waals surface area contributed by atoms with Gasteiger partial charge in [-0.2, -0.15) is 0 Å². The number of carbonyl (C=O) groups is 2. The van der Waals surface area contributed by atoms with Gasteiger partial charge in [0.15, 0.2) is 0 Å². The van der Waals surface area contributed by atoms with Crippen LogP contribution in [0.15, 0.2) is 18.2 Å². The molecule has 2 unspecified atom stereocenters. The van der Waals surface area contributed by atoms with E-state index in [0.717, 1.165) is 31.2 Å². The molecule has 0 bridgehead atoms. The van der Waals surface area contributed by atoms with Crippen molar-refractivity contribution in [2.45, 2.75) is 38.6 Å². The van der Waals surface area contributed by atoms with Crippen molar-refractivity contribution in [3.8, 4) is 0 Å². The monoisotopic (exact) mass is 289 g/mol. The largest absolute Gasteiger partial charge is 0.355 e. The second-order valence-corrected chi connectivity index (χ2v) is 5.72. The van der Waals surface area contributed by atoms with E-state index in [-0.39, 0.29) is 23.8 Å². The summed E-state index contributed by atoms with van der Waals surface area (Å²) in [4.78, 5) is 24.0. The van der Waals surface area contributed by atoms with Gasteiger partial charge in [0, 0.05) is 30.3 Å². The molecule has 2 rings (SSSR count). The van der Waals surface area contributed by atoms with Crippen molar-refractivity contribution in [3.63, 3.8) is 0 Å². The average molecular weight is 289 g/mol. The van der Waals surface area contributed by atoms with Gasteiger partial charge in [-0.25, -0.2) is 0 Å². The zero-order valence-corrected chi connectivity index (χ0v) is 12.6. The van der Waals surface area contributed by atoms with Crippen molar-refractivity contribution in [1.29, 1.82) is 0 Å². The fraction of sp³-hybridized carbons (Fsp3) is 0.500. The molecule has 21 heavy (non-hydrogen) atoms. The fourth-order valence-corrected chi connectivity index (χ4v) is 2.74. The fourth-order valence-electron chi connectivity index (χ4n) is 2.74. The topological polar surface area (TPSA) is 84.2 Å². The molecule has 5 heteroatoms. The molecule has 2 atom stereocenters. The van der Waals surface area contributed by atoms with E-state index in [9.17, 15) is 9.59 Å². The lowest BCUT2D eigenvalue weighted by Gasteiger charge is -2.26. The standard InChI is InChI=1S/C16H23N3O2/c1-10-6-7-12(15(20)18-2)9-14(10)19-16(21)11-4-3-5-13(17)8-11/h6-7,9,11,13H,3-5,8,17H2,1-2H3,(H,18,20)(H,19,21). The molecule has 1 fully saturated rings. The predicted molar refractivity (Wildman–Crippen MR) is 83.1 cm³/mol. The van der Waals surface area contributed by atoms with Gasteiger partial charge in [0.1, 0.15) is 0 Å². The molecule has 2 amide bonds. The summed E-state index contributed by atoms with van der Waals surface area (Å²) in [5.74, 6) is -0.190. The summed E-state index contributed by atoms with van der Waals surface area (Å²) < 4.78 is 0. The van der Waals surface area contributed by atoms with Gasteiger partial charge in [0.2, 0.25) is 5.91 Å². The summed E-state index contributed by atoms with van der Waals surface area (Å²) in [5.41, 5.74) is 8.11. The lowest BCUT2D eigenvalue weighted by atomic mass is 9.85. The Morgan fingerprint density at radius 2 is 2.05 bits per heavy atom. The molecule has 1 saturated carbocycles. The maximum absolute atomic E-state index is 12.3. The number of rotatable bonds is 3. The molecule has 0 aromatic heterocycles. The molecular weight excluding hydrogens is 266 g/mol. The molecule has 0 heterocycles. The molecule has 4 N–H and O–H groups in total. The zero-order chi connectivity index (χ0) is 15.4. The molecule has 1 aromatic carbocycles. The summed E-state index contributed by atoms with van der Waals surface area (Å²) >= 11 is 0. The first-order valence-electron chi connectivity index (χ1n) is 7.40. The molecule has 114 valence electrons. The van der Waals surface area contributed by atoms with Crippen LogP contribution in [0, 0.1) is 12.8 Å². The summed E-state index contributed by atoms with van der Waals surface area (Å²) in [6.07, 6.45) is 3.61. The van der Waals surface area contributed by atoms with E-state index in [1.165, 1.54) is 0 Å². The SMILES string of the molecule is CNC(=O)c1ccc(C)c(NC(=O)C2CCCC(N)C2)c1. The molecule has 0 aliphatic heterocycles. The smallest absolute Gasteiger partial charge is 0.251 e. The quantitative estimate of drug-likeness (QED) is 0.793. The van der Waals surface area contributed by atoms with Crippen molar-refractivity contribution < 1.29 is 9.59 Å². The number of nitrogens with two attached hydrogens (primary N) is 1. The number of carbonyl (C=O) groups excluding carboxylic acids is 2. The number of hydrogen-bond donors (Lipinski definition) is 3. The van der Waals surface area contributed by atoms with Crippen LogP contribution in [0.3, 0.4) is 0 Å². The van der Waals surface area contributed by atoms with Gasteiger partial charge in [-0.15, -0.1) is 0 Å². The Hall–Kier alpha value is -1.88. The molecule has 0 spiro atoms. The van der Waals surface area contributed by atoms with Crippen LogP contribution in [0.5, 0.6) is 0 Å². The van der Waals surface area contributed by atoms with E-state index in [1.807, 2.05) is 13.0 Å². The summed E-state index contributed by atoms with van der Waals surface area (Å²) in [6, 6.07) is 5.43. The number of benzene rings is 1. The van der Waals surface area contributed by atoms with E-state index in [2.05, 4.69) is 10.6 Å². The second-order valence-electron chi connectivity index (χ2n) is 5.72. The zero-order valence-electron chi connectivity index (χ0n) is 12.6. The predicted octanol–water partition coefficient (Wildman–Crippen LogP) is 1.81. The maximum Gasteiger partial charge on any atom is 0.251 e.